The van der Waals surface area contributed by atoms with Gasteiger partial charge in [0.05, 0.1) is 0 Å². The van der Waals surface area contributed by atoms with E-state index in [0.717, 1.165) is 44.7 Å². The van der Waals surface area contributed by atoms with Gasteiger partial charge in [-0.2, -0.15) is 0 Å². The summed E-state index contributed by atoms with van der Waals surface area (Å²) in [7, 11) is 0. The Hall–Kier alpha value is -0.0500. The topological polar surface area (TPSA) is 20.3 Å². The van der Waals surface area contributed by atoms with Crippen molar-refractivity contribution in [3.8, 4) is 0 Å². The fourth-order valence-electron chi connectivity index (χ4n) is 2.29. The first-order chi connectivity index (χ1) is 7.65. The summed E-state index contributed by atoms with van der Waals surface area (Å²) in [6, 6.07) is 0. The quantitative estimate of drug-likeness (QED) is 0.560. The predicted octanol–water partition coefficient (Wildman–Crippen LogP) is 3.59. The maximum atomic E-state index is 11.9. The smallest absolute Gasteiger partial charge is 0.222 e. The summed E-state index contributed by atoms with van der Waals surface area (Å²) in [6.07, 6.45) is 6.50. The Morgan fingerprint density at radius 3 is 2.50 bits per heavy atom. The van der Waals surface area contributed by atoms with E-state index >= 15 is 0 Å². The normalized spacial score (nSPS) is 19.8. The lowest BCUT2D eigenvalue weighted by atomic mass is 9.94. The lowest BCUT2D eigenvalue weighted by molar-refractivity contribution is -0.132. The van der Waals surface area contributed by atoms with Gasteiger partial charge in [0, 0.05) is 24.3 Å². The van der Waals surface area contributed by atoms with E-state index in [4.69, 9.17) is 0 Å². The van der Waals surface area contributed by atoms with Gasteiger partial charge in [0.1, 0.15) is 0 Å². The van der Waals surface area contributed by atoms with E-state index in [1.54, 1.807) is 0 Å². The highest BCUT2D eigenvalue weighted by Crippen LogP contribution is 2.25. The van der Waals surface area contributed by atoms with Gasteiger partial charge in [-0.15, -0.1) is 0 Å². The number of hydrogen-bond acceptors (Lipinski definition) is 1. The minimum Gasteiger partial charge on any atom is -0.343 e. The lowest BCUT2D eigenvalue weighted by Crippen LogP contribution is -2.39. The van der Waals surface area contributed by atoms with Crippen LogP contribution in [0.25, 0.3) is 0 Å². The second kappa shape index (κ2) is 7.31. The number of alkyl halides is 1. The number of nitrogens with zero attached hydrogens (tertiary/aromatic N) is 1. The van der Waals surface area contributed by atoms with Crippen LogP contribution in [0.1, 0.15) is 52.4 Å². The number of halogens is 1. The molecule has 0 spiro atoms. The second-order valence-corrected chi connectivity index (χ2v) is 6.30. The van der Waals surface area contributed by atoms with Crippen LogP contribution in [-0.2, 0) is 4.79 Å². The SMILES string of the molecule is CCCCCC(=O)N1CCC(C(C)Br)CC1. The van der Waals surface area contributed by atoms with E-state index < -0.39 is 0 Å². The standard InChI is InChI=1S/C13H24BrNO/c1-3-4-5-6-13(16)15-9-7-12(8-10-15)11(2)14/h11-12H,3-10H2,1-2H3. The number of carbonyl (C=O) groups excluding carboxylic acids is 1. The van der Waals surface area contributed by atoms with Gasteiger partial charge in [-0.05, 0) is 25.2 Å². The highest BCUT2D eigenvalue weighted by atomic mass is 79.9. The lowest BCUT2D eigenvalue weighted by Gasteiger charge is -2.33. The molecule has 1 rings (SSSR count). The van der Waals surface area contributed by atoms with Gasteiger partial charge in [-0.3, -0.25) is 4.79 Å². The summed E-state index contributed by atoms with van der Waals surface area (Å²) >= 11 is 3.64. The highest BCUT2D eigenvalue weighted by Gasteiger charge is 2.24. The molecule has 1 atom stereocenters. The van der Waals surface area contributed by atoms with Crippen molar-refractivity contribution in [2.75, 3.05) is 13.1 Å². The zero-order chi connectivity index (χ0) is 12.0. The summed E-state index contributed by atoms with van der Waals surface area (Å²) in [5.41, 5.74) is 0. The van der Waals surface area contributed by atoms with Gasteiger partial charge < -0.3 is 4.90 Å². The van der Waals surface area contributed by atoms with E-state index in [1.165, 1.54) is 12.8 Å². The number of amides is 1. The third kappa shape index (κ3) is 4.44. The third-order valence-corrected chi connectivity index (χ3v) is 4.28. The number of rotatable bonds is 5. The van der Waals surface area contributed by atoms with Crippen LogP contribution in [0.2, 0.25) is 0 Å². The van der Waals surface area contributed by atoms with Crippen LogP contribution in [0.15, 0.2) is 0 Å². The maximum Gasteiger partial charge on any atom is 0.222 e. The molecule has 0 aromatic rings. The van der Waals surface area contributed by atoms with Crippen LogP contribution in [0.5, 0.6) is 0 Å². The summed E-state index contributed by atoms with van der Waals surface area (Å²) in [5, 5.41) is 0. The van der Waals surface area contributed by atoms with Crippen molar-refractivity contribution in [2.24, 2.45) is 5.92 Å². The van der Waals surface area contributed by atoms with E-state index in [1.807, 2.05) is 0 Å². The highest BCUT2D eigenvalue weighted by molar-refractivity contribution is 9.09. The molecule has 1 aliphatic heterocycles. The van der Waals surface area contributed by atoms with Crippen molar-refractivity contribution >= 4 is 21.8 Å². The van der Waals surface area contributed by atoms with Crippen LogP contribution in [-0.4, -0.2) is 28.7 Å². The van der Waals surface area contributed by atoms with Gasteiger partial charge >= 0.3 is 0 Å². The summed E-state index contributed by atoms with van der Waals surface area (Å²) in [6.45, 7) is 6.31. The summed E-state index contributed by atoms with van der Waals surface area (Å²) in [4.78, 5) is 14.5. The average Bonchev–Trinajstić information content (AvgIpc) is 2.29. The largest absolute Gasteiger partial charge is 0.343 e. The number of likely N-dealkylation sites (tertiary alicyclic amines) is 1. The minimum absolute atomic E-state index is 0.370. The van der Waals surface area contributed by atoms with Crippen molar-refractivity contribution in [2.45, 2.75) is 57.2 Å². The second-order valence-electron chi connectivity index (χ2n) is 4.85. The fraction of sp³-hybridized carbons (Fsp3) is 0.923. The molecule has 1 saturated heterocycles. The number of piperidine rings is 1. The zero-order valence-corrected chi connectivity index (χ0v) is 12.1. The Morgan fingerprint density at radius 1 is 1.38 bits per heavy atom. The van der Waals surface area contributed by atoms with E-state index in [9.17, 15) is 4.79 Å². The van der Waals surface area contributed by atoms with E-state index in [-0.39, 0.29) is 0 Å². The van der Waals surface area contributed by atoms with Crippen LogP contribution in [0.4, 0.5) is 0 Å². The molecular formula is C13H24BrNO. The molecular weight excluding hydrogens is 266 g/mol. The van der Waals surface area contributed by atoms with Crippen molar-refractivity contribution in [3.05, 3.63) is 0 Å². The molecule has 3 heteroatoms. The van der Waals surface area contributed by atoms with Crippen LogP contribution >= 0.6 is 15.9 Å². The Kier molecular flexibility index (Phi) is 6.40. The molecule has 0 aromatic heterocycles. The molecule has 0 aromatic carbocycles. The maximum absolute atomic E-state index is 11.9. The van der Waals surface area contributed by atoms with Gasteiger partial charge in [0.15, 0.2) is 0 Å². The molecule has 0 radical (unpaired) electrons. The number of carbonyl (C=O) groups is 1. The molecule has 1 amide bonds. The van der Waals surface area contributed by atoms with Gasteiger partial charge in [0.2, 0.25) is 5.91 Å². The van der Waals surface area contributed by atoms with Crippen molar-refractivity contribution in [1.29, 1.82) is 0 Å². The molecule has 1 fully saturated rings. The molecule has 0 bridgehead atoms. The first-order valence-corrected chi connectivity index (χ1v) is 7.48. The molecule has 0 aliphatic carbocycles. The monoisotopic (exact) mass is 289 g/mol. The molecule has 16 heavy (non-hydrogen) atoms. The first-order valence-electron chi connectivity index (χ1n) is 6.57. The van der Waals surface area contributed by atoms with Crippen molar-refractivity contribution < 1.29 is 4.79 Å². The Bertz CT molecular complexity index is 210. The first kappa shape index (κ1) is 14.0. The van der Waals surface area contributed by atoms with Gasteiger partial charge in [-0.25, -0.2) is 0 Å². The Balaban J connectivity index is 2.22. The van der Waals surface area contributed by atoms with Crippen molar-refractivity contribution in [1.82, 2.24) is 4.90 Å². The van der Waals surface area contributed by atoms with Crippen LogP contribution < -0.4 is 0 Å². The van der Waals surface area contributed by atoms with E-state index in [2.05, 4.69) is 34.7 Å². The molecule has 0 N–H and O–H groups in total. The van der Waals surface area contributed by atoms with Crippen LogP contribution in [0, 0.1) is 5.92 Å². The Labute approximate surface area is 108 Å². The fourth-order valence-corrected chi connectivity index (χ4v) is 2.82. The molecule has 94 valence electrons. The summed E-state index contributed by atoms with van der Waals surface area (Å²) in [5.74, 6) is 1.12. The molecule has 1 unspecified atom stereocenters. The van der Waals surface area contributed by atoms with Crippen molar-refractivity contribution in [3.63, 3.8) is 0 Å². The predicted molar refractivity (Wildman–Crippen MR) is 71.8 cm³/mol. The third-order valence-electron chi connectivity index (χ3n) is 3.54. The zero-order valence-electron chi connectivity index (χ0n) is 10.5. The summed E-state index contributed by atoms with van der Waals surface area (Å²) < 4.78 is 0. The minimum atomic E-state index is 0.370. The van der Waals surface area contributed by atoms with Crippen LogP contribution in [0.3, 0.4) is 0 Å². The van der Waals surface area contributed by atoms with Gasteiger partial charge in [0.25, 0.3) is 0 Å². The number of unbranched alkanes of at least 4 members (excludes halogenated alkanes) is 2. The average molecular weight is 290 g/mol. The Morgan fingerprint density at radius 2 is 2.00 bits per heavy atom. The molecule has 2 nitrogen and oxygen atoms in total. The van der Waals surface area contributed by atoms with E-state index in [0.29, 0.717) is 10.7 Å². The van der Waals surface area contributed by atoms with Gasteiger partial charge in [-0.1, -0.05) is 42.6 Å². The molecule has 1 aliphatic rings. The molecule has 0 saturated carbocycles. The molecule has 1 heterocycles. The number of hydrogen-bond donors (Lipinski definition) is 0.